The smallest absolute Gasteiger partial charge is 0.306 e. The van der Waals surface area contributed by atoms with Crippen molar-refractivity contribution >= 4 is 11.9 Å². The molecule has 0 aliphatic carbocycles. The van der Waals surface area contributed by atoms with Crippen LogP contribution in [-0.2, 0) is 14.3 Å². The lowest BCUT2D eigenvalue weighted by molar-refractivity contribution is -0.151. The third-order valence-corrected chi connectivity index (χ3v) is 11.6. The van der Waals surface area contributed by atoms with Crippen molar-refractivity contribution in [3.8, 4) is 0 Å². The number of esters is 1. The van der Waals surface area contributed by atoms with Crippen LogP contribution in [0.25, 0.3) is 0 Å². The van der Waals surface area contributed by atoms with Gasteiger partial charge >= 0.3 is 5.97 Å². The van der Waals surface area contributed by atoms with Gasteiger partial charge in [0, 0.05) is 6.42 Å². The first-order valence-corrected chi connectivity index (χ1v) is 24.9. The van der Waals surface area contributed by atoms with Gasteiger partial charge in [0.05, 0.1) is 25.2 Å². The van der Waals surface area contributed by atoms with Crippen LogP contribution in [0.5, 0.6) is 0 Å². The summed E-state index contributed by atoms with van der Waals surface area (Å²) < 4.78 is 5.91. The number of allylic oxidation sites excluding steroid dienone is 2. The van der Waals surface area contributed by atoms with Crippen molar-refractivity contribution in [2.24, 2.45) is 0 Å². The van der Waals surface area contributed by atoms with Gasteiger partial charge in [0.15, 0.2) is 0 Å². The van der Waals surface area contributed by atoms with Crippen LogP contribution in [0.4, 0.5) is 0 Å². The molecule has 0 aromatic rings. The fraction of sp³-hybridized carbons (Fsp3) is 0.920. The lowest BCUT2D eigenvalue weighted by Gasteiger charge is -2.24. The summed E-state index contributed by atoms with van der Waals surface area (Å²) in [6.45, 7) is 6.46. The molecule has 0 fully saturated rings. The fourth-order valence-corrected chi connectivity index (χ4v) is 7.77. The highest BCUT2D eigenvalue weighted by molar-refractivity contribution is 5.77. The van der Waals surface area contributed by atoms with Gasteiger partial charge in [-0.25, -0.2) is 0 Å². The molecule has 332 valence electrons. The van der Waals surface area contributed by atoms with Gasteiger partial charge in [0.2, 0.25) is 5.91 Å². The van der Waals surface area contributed by atoms with Gasteiger partial charge in [-0.1, -0.05) is 226 Å². The van der Waals surface area contributed by atoms with Crippen LogP contribution in [0.2, 0.25) is 0 Å². The van der Waals surface area contributed by atoms with Crippen LogP contribution in [0.15, 0.2) is 12.2 Å². The summed E-state index contributed by atoms with van der Waals surface area (Å²) in [5.41, 5.74) is 0. The summed E-state index contributed by atoms with van der Waals surface area (Å²) in [5, 5.41) is 23.7. The Morgan fingerprint density at radius 3 is 1.32 bits per heavy atom. The van der Waals surface area contributed by atoms with Crippen molar-refractivity contribution < 1.29 is 24.5 Å². The quantitative estimate of drug-likeness (QED) is 0.0324. The van der Waals surface area contributed by atoms with E-state index in [1.54, 1.807) is 0 Å². The van der Waals surface area contributed by atoms with E-state index >= 15 is 0 Å². The maximum Gasteiger partial charge on any atom is 0.306 e. The molecule has 3 atom stereocenters. The summed E-state index contributed by atoms with van der Waals surface area (Å²) >= 11 is 0. The molecular formula is C50H97NO5. The Labute approximate surface area is 349 Å². The second kappa shape index (κ2) is 44.7. The topological polar surface area (TPSA) is 95.9 Å². The number of hydrogen-bond acceptors (Lipinski definition) is 5. The number of carbonyl (C=O) groups is 2. The Kier molecular flexibility index (Phi) is 43.6. The van der Waals surface area contributed by atoms with Crippen molar-refractivity contribution in [3.63, 3.8) is 0 Å². The van der Waals surface area contributed by atoms with Crippen molar-refractivity contribution in [1.82, 2.24) is 5.32 Å². The number of nitrogens with one attached hydrogen (secondary N) is 1. The van der Waals surface area contributed by atoms with Gasteiger partial charge in [-0.2, -0.15) is 0 Å². The van der Waals surface area contributed by atoms with Gasteiger partial charge in [0.1, 0.15) is 6.10 Å². The maximum absolute atomic E-state index is 13.2. The number of hydrogen-bond donors (Lipinski definition) is 3. The van der Waals surface area contributed by atoms with E-state index in [0.29, 0.717) is 19.3 Å². The Morgan fingerprint density at radius 2 is 0.875 bits per heavy atom. The first-order valence-electron chi connectivity index (χ1n) is 24.9. The number of unbranched alkanes of at least 4 members (excludes halogenated alkanes) is 31. The molecule has 0 bridgehead atoms. The number of ether oxygens (including phenoxy) is 1. The van der Waals surface area contributed by atoms with Crippen LogP contribution < -0.4 is 5.32 Å². The molecule has 1 amide bonds. The average molecular weight is 792 g/mol. The molecule has 0 rings (SSSR count). The zero-order valence-corrected chi connectivity index (χ0v) is 37.8. The minimum Gasteiger partial charge on any atom is -0.462 e. The van der Waals surface area contributed by atoms with E-state index < -0.39 is 18.2 Å². The van der Waals surface area contributed by atoms with Crippen molar-refractivity contribution in [1.29, 1.82) is 0 Å². The van der Waals surface area contributed by atoms with E-state index in [9.17, 15) is 19.8 Å². The molecule has 0 aliphatic heterocycles. The van der Waals surface area contributed by atoms with Crippen molar-refractivity contribution in [2.45, 2.75) is 289 Å². The van der Waals surface area contributed by atoms with E-state index in [0.717, 1.165) is 51.4 Å². The largest absolute Gasteiger partial charge is 0.462 e. The van der Waals surface area contributed by atoms with E-state index in [1.807, 2.05) is 0 Å². The normalized spacial score (nSPS) is 13.3. The molecular weight excluding hydrogens is 695 g/mol. The van der Waals surface area contributed by atoms with E-state index in [2.05, 4.69) is 38.2 Å². The molecule has 3 unspecified atom stereocenters. The highest BCUT2D eigenvalue weighted by Gasteiger charge is 2.24. The van der Waals surface area contributed by atoms with Crippen molar-refractivity contribution in [3.05, 3.63) is 12.2 Å². The summed E-state index contributed by atoms with van der Waals surface area (Å²) in [6, 6.07) is -0.695. The molecule has 6 nitrogen and oxygen atoms in total. The molecule has 0 spiro atoms. The monoisotopic (exact) mass is 792 g/mol. The Bertz CT molecular complexity index is 847. The van der Waals surface area contributed by atoms with Gasteiger partial charge in [-0.05, 0) is 44.9 Å². The fourth-order valence-electron chi connectivity index (χ4n) is 7.77. The Balaban J connectivity index is 4.48. The average Bonchev–Trinajstić information content (AvgIpc) is 3.19. The molecule has 0 heterocycles. The van der Waals surface area contributed by atoms with Crippen LogP contribution in [0.1, 0.15) is 271 Å². The van der Waals surface area contributed by atoms with Crippen LogP contribution in [0, 0.1) is 0 Å². The first kappa shape index (κ1) is 54.6. The van der Waals surface area contributed by atoms with Crippen LogP contribution >= 0.6 is 0 Å². The predicted octanol–water partition coefficient (Wildman–Crippen LogP) is 14.6. The van der Waals surface area contributed by atoms with Gasteiger partial charge in [-0.15, -0.1) is 0 Å². The second-order valence-corrected chi connectivity index (χ2v) is 17.2. The summed E-state index contributed by atoms with van der Waals surface area (Å²) in [6.07, 6.45) is 48.4. The predicted molar refractivity (Wildman–Crippen MR) is 241 cm³/mol. The number of carbonyl (C=O) groups excluding carboxylic acids is 2. The molecule has 6 heteroatoms. The third-order valence-electron chi connectivity index (χ3n) is 11.6. The molecule has 0 aromatic heterocycles. The standard InChI is InChI=1S/C50H97NO5/c1-4-7-10-13-16-19-22-23-24-25-28-30-33-36-39-42-48(53)47(45-52)51-49(54)44-46(41-38-35-32-29-26-20-17-14-11-8-5-2)56-50(55)43-40-37-34-31-27-21-18-15-12-9-6-3/h15,18,46-48,52-53H,4-14,16-17,19-45H2,1-3H3,(H,51,54)/b18-15-. The lowest BCUT2D eigenvalue weighted by Crippen LogP contribution is -2.46. The summed E-state index contributed by atoms with van der Waals surface area (Å²) in [4.78, 5) is 26.0. The number of rotatable bonds is 45. The van der Waals surface area contributed by atoms with Gasteiger partial charge in [-0.3, -0.25) is 9.59 Å². The third kappa shape index (κ3) is 39.4. The van der Waals surface area contributed by atoms with Gasteiger partial charge < -0.3 is 20.3 Å². The molecule has 0 aromatic carbocycles. The molecule has 0 saturated carbocycles. The number of aliphatic hydroxyl groups is 2. The summed E-state index contributed by atoms with van der Waals surface area (Å²) in [5.74, 6) is -0.471. The minimum atomic E-state index is -0.782. The highest BCUT2D eigenvalue weighted by Crippen LogP contribution is 2.18. The maximum atomic E-state index is 13.2. The molecule has 56 heavy (non-hydrogen) atoms. The van der Waals surface area contributed by atoms with Crippen LogP contribution in [-0.4, -0.2) is 46.9 Å². The number of amides is 1. The summed E-state index contributed by atoms with van der Waals surface area (Å²) in [7, 11) is 0. The molecule has 3 N–H and O–H groups in total. The SMILES string of the molecule is CCCC/C=C\CCCCCCCC(=O)OC(CCCCCCCCCCCCC)CC(=O)NC(CO)C(O)CCCCCCCCCCCCCCCCC. The van der Waals surface area contributed by atoms with E-state index in [-0.39, 0.29) is 24.9 Å². The number of aliphatic hydroxyl groups excluding tert-OH is 2. The second-order valence-electron chi connectivity index (χ2n) is 17.2. The van der Waals surface area contributed by atoms with E-state index in [4.69, 9.17) is 4.74 Å². The molecule has 0 saturated heterocycles. The zero-order valence-electron chi connectivity index (χ0n) is 37.8. The lowest BCUT2D eigenvalue weighted by atomic mass is 10.0. The Morgan fingerprint density at radius 1 is 0.500 bits per heavy atom. The van der Waals surface area contributed by atoms with Crippen LogP contribution in [0.3, 0.4) is 0 Å². The first-order chi connectivity index (χ1) is 27.5. The zero-order chi connectivity index (χ0) is 41.0. The van der Waals surface area contributed by atoms with Gasteiger partial charge in [0.25, 0.3) is 0 Å². The molecule has 0 aliphatic rings. The minimum absolute atomic E-state index is 0.0808. The Hall–Kier alpha value is -1.40. The van der Waals surface area contributed by atoms with E-state index in [1.165, 1.54) is 173 Å². The molecule has 0 radical (unpaired) electrons. The van der Waals surface area contributed by atoms with Crippen molar-refractivity contribution in [2.75, 3.05) is 6.61 Å². The highest BCUT2D eigenvalue weighted by atomic mass is 16.5.